The summed E-state index contributed by atoms with van der Waals surface area (Å²) in [5.74, 6) is 0.883. The Balaban J connectivity index is 1.85. The summed E-state index contributed by atoms with van der Waals surface area (Å²) in [4.78, 5) is 4.41. The molecule has 1 atom stereocenters. The largest absolute Gasteiger partial charge is 0.493 e. The zero-order valence-electron chi connectivity index (χ0n) is 10.9. The van der Waals surface area contributed by atoms with Crippen LogP contribution in [0.1, 0.15) is 34.4 Å². The number of aromatic nitrogens is 1. The van der Waals surface area contributed by atoms with Gasteiger partial charge in [0, 0.05) is 17.4 Å². The van der Waals surface area contributed by atoms with Crippen molar-refractivity contribution >= 4 is 11.3 Å². The second-order valence-electron chi connectivity index (χ2n) is 4.87. The van der Waals surface area contributed by atoms with Gasteiger partial charge in [-0.25, -0.2) is 4.98 Å². The normalized spacial score (nSPS) is 15.7. The van der Waals surface area contributed by atoms with Crippen LogP contribution < -0.4 is 4.74 Å². The molecule has 0 fully saturated rings. The lowest BCUT2D eigenvalue weighted by atomic mass is 9.97. The highest BCUT2D eigenvalue weighted by molar-refractivity contribution is 7.09. The maximum atomic E-state index is 10.4. The fourth-order valence-electron chi connectivity index (χ4n) is 2.49. The highest BCUT2D eigenvalue weighted by Gasteiger charge is 2.20. The molecule has 1 aliphatic rings. The fraction of sp³-hybridized carbons (Fsp3) is 0.400. The van der Waals surface area contributed by atoms with Crippen molar-refractivity contribution in [2.75, 3.05) is 6.61 Å². The van der Waals surface area contributed by atoms with Crippen molar-refractivity contribution in [3.63, 3.8) is 0 Å². The van der Waals surface area contributed by atoms with Gasteiger partial charge in [-0.15, -0.1) is 11.3 Å². The molecule has 0 bridgehead atoms. The van der Waals surface area contributed by atoms with Crippen molar-refractivity contribution < 1.29 is 9.84 Å². The third kappa shape index (κ3) is 2.65. The minimum Gasteiger partial charge on any atom is -0.493 e. The number of nitrogens with zero attached hydrogens (tertiary/aromatic N) is 1. The van der Waals surface area contributed by atoms with Crippen molar-refractivity contribution in [3.8, 4) is 5.75 Å². The Hall–Kier alpha value is -1.39. The molecule has 1 aromatic carbocycles. The van der Waals surface area contributed by atoms with Gasteiger partial charge in [0.05, 0.1) is 23.4 Å². The Morgan fingerprint density at radius 3 is 3.16 bits per heavy atom. The van der Waals surface area contributed by atoms with Crippen molar-refractivity contribution in [1.29, 1.82) is 0 Å². The smallest absolute Gasteiger partial charge is 0.128 e. The zero-order valence-corrected chi connectivity index (χ0v) is 11.7. The molecule has 1 N–H and O–H groups in total. The average Bonchev–Trinajstić information content (AvgIpc) is 2.83. The highest BCUT2D eigenvalue weighted by Crippen LogP contribution is 2.34. The van der Waals surface area contributed by atoms with Crippen LogP contribution in [0.15, 0.2) is 23.6 Å². The van der Waals surface area contributed by atoms with Crippen molar-refractivity contribution in [3.05, 3.63) is 45.4 Å². The number of para-hydroxylation sites is 1. The van der Waals surface area contributed by atoms with Crippen molar-refractivity contribution in [1.82, 2.24) is 4.98 Å². The average molecular weight is 275 g/mol. The molecule has 100 valence electrons. The van der Waals surface area contributed by atoms with Gasteiger partial charge in [0.2, 0.25) is 0 Å². The molecule has 1 aliphatic heterocycles. The van der Waals surface area contributed by atoms with E-state index in [4.69, 9.17) is 4.74 Å². The minimum atomic E-state index is -0.547. The summed E-state index contributed by atoms with van der Waals surface area (Å²) in [6.45, 7) is 2.72. The molecule has 0 saturated carbocycles. The number of benzene rings is 1. The van der Waals surface area contributed by atoms with E-state index in [-0.39, 0.29) is 0 Å². The van der Waals surface area contributed by atoms with Crippen LogP contribution in [0.25, 0.3) is 0 Å². The topological polar surface area (TPSA) is 42.4 Å². The van der Waals surface area contributed by atoms with Gasteiger partial charge in [-0.3, -0.25) is 0 Å². The van der Waals surface area contributed by atoms with E-state index in [1.54, 1.807) is 11.3 Å². The van der Waals surface area contributed by atoms with Crippen LogP contribution in [0.5, 0.6) is 5.75 Å². The molecule has 1 aromatic heterocycles. The van der Waals surface area contributed by atoms with Crippen LogP contribution >= 0.6 is 11.3 Å². The first kappa shape index (κ1) is 12.6. The van der Waals surface area contributed by atoms with Gasteiger partial charge >= 0.3 is 0 Å². The maximum Gasteiger partial charge on any atom is 0.128 e. The summed E-state index contributed by atoms with van der Waals surface area (Å²) in [5, 5.41) is 13.5. The maximum absolute atomic E-state index is 10.4. The van der Waals surface area contributed by atoms with Crippen LogP contribution in [0.4, 0.5) is 0 Å². The monoisotopic (exact) mass is 275 g/mol. The van der Waals surface area contributed by atoms with E-state index in [1.807, 2.05) is 24.4 Å². The van der Waals surface area contributed by atoms with Crippen LogP contribution in [0.3, 0.4) is 0 Å². The number of ether oxygens (including phenoxy) is 1. The van der Waals surface area contributed by atoms with E-state index in [0.29, 0.717) is 6.42 Å². The summed E-state index contributed by atoms with van der Waals surface area (Å²) in [7, 11) is 0. The zero-order chi connectivity index (χ0) is 13.2. The second kappa shape index (κ2) is 5.31. The Labute approximate surface area is 116 Å². The Morgan fingerprint density at radius 2 is 2.37 bits per heavy atom. The first-order valence-electron chi connectivity index (χ1n) is 6.57. The lowest BCUT2D eigenvalue weighted by Crippen LogP contribution is -2.13. The van der Waals surface area contributed by atoms with E-state index < -0.39 is 6.10 Å². The van der Waals surface area contributed by atoms with E-state index in [9.17, 15) is 5.11 Å². The standard InChI is InChI=1S/C15H17NO2S/c1-10-16-12(9-19-10)8-14(17)13-6-2-4-11-5-3-7-18-15(11)13/h2,4,6,9,14,17H,3,5,7-8H2,1H3. The number of aliphatic hydroxyl groups excluding tert-OH is 1. The summed E-state index contributed by atoms with van der Waals surface area (Å²) in [6, 6.07) is 6.03. The number of hydrogen-bond acceptors (Lipinski definition) is 4. The summed E-state index contributed by atoms with van der Waals surface area (Å²) in [5.41, 5.74) is 3.04. The summed E-state index contributed by atoms with van der Waals surface area (Å²) >= 11 is 1.62. The fourth-order valence-corrected chi connectivity index (χ4v) is 3.11. The molecule has 19 heavy (non-hydrogen) atoms. The predicted molar refractivity (Wildman–Crippen MR) is 75.8 cm³/mol. The van der Waals surface area contributed by atoms with Gasteiger partial charge in [0.15, 0.2) is 0 Å². The molecule has 0 radical (unpaired) electrons. The Bertz CT molecular complexity index is 579. The minimum absolute atomic E-state index is 0.546. The molecule has 0 saturated heterocycles. The molecule has 3 rings (SSSR count). The molecule has 2 aromatic rings. The Morgan fingerprint density at radius 1 is 1.47 bits per heavy atom. The number of hydrogen-bond donors (Lipinski definition) is 1. The van der Waals surface area contributed by atoms with E-state index in [1.165, 1.54) is 5.56 Å². The van der Waals surface area contributed by atoms with Crippen molar-refractivity contribution in [2.45, 2.75) is 32.3 Å². The van der Waals surface area contributed by atoms with Crippen LogP contribution in [0, 0.1) is 6.92 Å². The molecule has 3 nitrogen and oxygen atoms in total. The van der Waals surface area contributed by atoms with E-state index in [2.05, 4.69) is 11.1 Å². The van der Waals surface area contributed by atoms with E-state index in [0.717, 1.165) is 41.5 Å². The van der Waals surface area contributed by atoms with Crippen molar-refractivity contribution in [2.24, 2.45) is 0 Å². The van der Waals surface area contributed by atoms with Crippen LogP contribution in [0.2, 0.25) is 0 Å². The van der Waals surface area contributed by atoms with Gasteiger partial charge in [0.25, 0.3) is 0 Å². The highest BCUT2D eigenvalue weighted by atomic mass is 32.1. The third-order valence-corrected chi connectivity index (χ3v) is 4.21. The van der Waals surface area contributed by atoms with Gasteiger partial charge in [0.1, 0.15) is 5.75 Å². The van der Waals surface area contributed by atoms with Gasteiger partial charge in [-0.1, -0.05) is 18.2 Å². The SMILES string of the molecule is Cc1nc(CC(O)c2cccc3c2OCCC3)cs1. The first-order chi connectivity index (χ1) is 9.24. The molecule has 1 unspecified atom stereocenters. The lowest BCUT2D eigenvalue weighted by Gasteiger charge is -2.22. The summed E-state index contributed by atoms with van der Waals surface area (Å²) < 4.78 is 5.74. The number of aliphatic hydroxyl groups is 1. The molecule has 0 spiro atoms. The quantitative estimate of drug-likeness (QED) is 0.936. The molecule has 0 amide bonds. The van der Waals surface area contributed by atoms with Crippen LogP contribution in [-0.4, -0.2) is 16.7 Å². The molecular formula is C15H17NO2S. The Kier molecular flexibility index (Phi) is 3.53. The predicted octanol–water partition coefficient (Wildman–Crippen LogP) is 3.05. The third-order valence-electron chi connectivity index (χ3n) is 3.39. The molecular weight excluding hydrogens is 258 g/mol. The number of rotatable bonds is 3. The van der Waals surface area contributed by atoms with E-state index >= 15 is 0 Å². The number of thiazole rings is 1. The molecule has 0 aliphatic carbocycles. The molecule has 2 heterocycles. The second-order valence-corrected chi connectivity index (χ2v) is 5.93. The first-order valence-corrected chi connectivity index (χ1v) is 7.45. The molecule has 4 heteroatoms. The lowest BCUT2D eigenvalue weighted by molar-refractivity contribution is 0.168. The van der Waals surface area contributed by atoms with Gasteiger partial charge in [-0.05, 0) is 25.3 Å². The number of aryl methyl sites for hydroxylation is 2. The summed E-state index contributed by atoms with van der Waals surface area (Å²) in [6.07, 6.45) is 2.09. The van der Waals surface area contributed by atoms with Gasteiger partial charge < -0.3 is 9.84 Å². The van der Waals surface area contributed by atoms with Gasteiger partial charge in [-0.2, -0.15) is 0 Å². The van der Waals surface area contributed by atoms with Crippen LogP contribution in [-0.2, 0) is 12.8 Å². The number of fused-ring (bicyclic) bond motifs is 1.